The van der Waals surface area contributed by atoms with E-state index in [1.807, 2.05) is 0 Å². The second kappa shape index (κ2) is 13.1. The van der Waals surface area contributed by atoms with Gasteiger partial charge in [0.15, 0.2) is 0 Å². The molecule has 0 spiro atoms. The summed E-state index contributed by atoms with van der Waals surface area (Å²) < 4.78 is 0. The van der Waals surface area contributed by atoms with Crippen molar-refractivity contribution >= 4 is 59.8 Å². The molecule has 0 aliphatic heterocycles. The molecule has 0 saturated heterocycles. The zero-order valence-corrected chi connectivity index (χ0v) is 14.7. The summed E-state index contributed by atoms with van der Waals surface area (Å²) in [6.45, 7) is 0. The van der Waals surface area contributed by atoms with Crippen molar-refractivity contribution in [2.75, 3.05) is 0 Å². The summed E-state index contributed by atoms with van der Waals surface area (Å²) in [6.07, 6.45) is 0. The van der Waals surface area contributed by atoms with Crippen molar-refractivity contribution in [1.82, 2.24) is 0 Å². The minimum absolute atomic E-state index is 0.942. The fourth-order valence-electron chi connectivity index (χ4n) is 0.606. The third-order valence-electron chi connectivity index (χ3n) is 1.24. The van der Waals surface area contributed by atoms with Crippen molar-refractivity contribution in [3.8, 4) is 0 Å². The molecular formula is C8H18Se4. The number of hydrogen-bond acceptors (Lipinski definition) is 0. The second-order valence-corrected chi connectivity index (χ2v) is 11.5. The summed E-state index contributed by atoms with van der Waals surface area (Å²) in [5, 5.41) is 9.38. The molecule has 0 rings (SSSR count). The zero-order valence-electron chi connectivity index (χ0n) is 7.88. The summed E-state index contributed by atoms with van der Waals surface area (Å²) in [5.74, 6) is 4.71. The van der Waals surface area contributed by atoms with Gasteiger partial charge in [0.1, 0.15) is 0 Å². The van der Waals surface area contributed by atoms with Crippen molar-refractivity contribution in [1.29, 1.82) is 0 Å². The monoisotopic (exact) mass is 434 g/mol. The molecule has 0 atom stereocenters. The summed E-state index contributed by atoms with van der Waals surface area (Å²) in [4.78, 5) is 0. The first-order valence-corrected chi connectivity index (χ1v) is 14.7. The average Bonchev–Trinajstić information content (AvgIpc) is 2.10. The fraction of sp³-hybridized carbons (Fsp3) is 1.00. The Hall–Kier alpha value is 2.08. The van der Waals surface area contributed by atoms with Crippen LogP contribution in [0.15, 0.2) is 0 Å². The zero-order chi connectivity index (χ0) is 9.07. The molecule has 0 fully saturated rings. The van der Waals surface area contributed by atoms with Crippen LogP contribution in [0.2, 0.25) is 43.6 Å². The van der Waals surface area contributed by atoms with Crippen LogP contribution >= 0.6 is 0 Å². The predicted molar refractivity (Wildman–Crippen MR) is 63.6 cm³/mol. The molecule has 0 radical (unpaired) electrons. The molecule has 0 amide bonds. The molecule has 0 N–H and O–H groups in total. The van der Waals surface area contributed by atoms with Crippen LogP contribution in [-0.4, -0.2) is 59.8 Å². The van der Waals surface area contributed by atoms with Crippen LogP contribution in [0.4, 0.5) is 0 Å². The Morgan fingerprint density at radius 1 is 0.583 bits per heavy atom. The number of hydrogen-bond donors (Lipinski definition) is 0. The van der Waals surface area contributed by atoms with Crippen LogP contribution < -0.4 is 0 Å². The van der Waals surface area contributed by atoms with Crippen LogP contribution in [0.25, 0.3) is 0 Å². The molecule has 0 nitrogen and oxygen atoms in total. The molecule has 12 heavy (non-hydrogen) atoms. The van der Waals surface area contributed by atoms with Gasteiger partial charge in [-0.3, -0.25) is 0 Å². The van der Waals surface area contributed by atoms with Gasteiger partial charge >= 0.3 is 103 Å². The van der Waals surface area contributed by atoms with E-state index >= 15 is 0 Å². The average molecular weight is 430 g/mol. The Bertz CT molecular complexity index is 67.5. The summed E-state index contributed by atoms with van der Waals surface area (Å²) >= 11 is 3.91. The molecule has 4 heteroatoms. The Morgan fingerprint density at radius 3 is 1.25 bits per heavy atom. The number of rotatable bonds is 9. The first kappa shape index (κ1) is 14.1. The van der Waals surface area contributed by atoms with Gasteiger partial charge in [-0.15, -0.1) is 0 Å². The van der Waals surface area contributed by atoms with Crippen molar-refractivity contribution < 1.29 is 0 Å². The van der Waals surface area contributed by atoms with Gasteiger partial charge in [-0.25, -0.2) is 0 Å². The minimum atomic E-state index is 0.942. The van der Waals surface area contributed by atoms with E-state index in [2.05, 4.69) is 11.6 Å². The van der Waals surface area contributed by atoms with E-state index in [9.17, 15) is 0 Å². The molecule has 0 aliphatic rings. The van der Waals surface area contributed by atoms with Crippen molar-refractivity contribution in [2.24, 2.45) is 0 Å². The standard InChI is InChI=1S/C8H18Se4/c1-9-3-5-11-7-8-12-6-4-10-2/h3-8H2,1-2H3. The molecule has 0 saturated carbocycles. The Kier molecular flexibility index (Phi) is 15.3. The van der Waals surface area contributed by atoms with Crippen LogP contribution in [0.3, 0.4) is 0 Å². The maximum atomic E-state index is 2.36. The SMILES string of the molecule is C[Se]CC[Se]CC[Se]CC[Se]C. The van der Waals surface area contributed by atoms with Gasteiger partial charge in [-0.1, -0.05) is 0 Å². The van der Waals surface area contributed by atoms with Gasteiger partial charge in [-0.2, -0.15) is 0 Å². The summed E-state index contributed by atoms with van der Waals surface area (Å²) in [5.41, 5.74) is 0. The third-order valence-corrected chi connectivity index (χ3v) is 11.9. The molecule has 0 bridgehead atoms. The van der Waals surface area contributed by atoms with E-state index in [0.717, 1.165) is 59.8 Å². The van der Waals surface area contributed by atoms with E-state index in [-0.39, 0.29) is 0 Å². The molecular weight excluding hydrogens is 412 g/mol. The van der Waals surface area contributed by atoms with E-state index in [4.69, 9.17) is 0 Å². The summed E-state index contributed by atoms with van der Waals surface area (Å²) in [7, 11) is 0. The van der Waals surface area contributed by atoms with Crippen molar-refractivity contribution in [3.63, 3.8) is 0 Å². The maximum absolute atomic E-state index is 2.36. The van der Waals surface area contributed by atoms with E-state index in [0.29, 0.717) is 0 Å². The van der Waals surface area contributed by atoms with Crippen molar-refractivity contribution in [3.05, 3.63) is 0 Å². The first-order chi connectivity index (χ1) is 5.91. The topological polar surface area (TPSA) is 0 Å². The van der Waals surface area contributed by atoms with E-state index in [1.165, 1.54) is 10.6 Å². The van der Waals surface area contributed by atoms with Crippen LogP contribution in [0, 0.1) is 0 Å². The molecule has 74 valence electrons. The van der Waals surface area contributed by atoms with Gasteiger partial charge in [0.2, 0.25) is 0 Å². The summed E-state index contributed by atoms with van der Waals surface area (Å²) in [6, 6.07) is 0. The Morgan fingerprint density at radius 2 is 0.917 bits per heavy atom. The van der Waals surface area contributed by atoms with Gasteiger partial charge in [-0.05, 0) is 0 Å². The Labute approximate surface area is 102 Å². The van der Waals surface area contributed by atoms with Gasteiger partial charge in [0, 0.05) is 0 Å². The molecule has 0 heterocycles. The second-order valence-electron chi connectivity index (χ2n) is 2.21. The van der Waals surface area contributed by atoms with Crippen LogP contribution in [-0.2, 0) is 0 Å². The van der Waals surface area contributed by atoms with Crippen molar-refractivity contribution in [2.45, 2.75) is 43.6 Å². The fourth-order valence-corrected chi connectivity index (χ4v) is 11.9. The van der Waals surface area contributed by atoms with Gasteiger partial charge < -0.3 is 0 Å². The van der Waals surface area contributed by atoms with Gasteiger partial charge in [0.05, 0.1) is 0 Å². The molecule has 0 aromatic carbocycles. The molecule has 0 aliphatic carbocycles. The predicted octanol–water partition coefficient (Wildman–Crippen LogP) is 2.41. The normalized spacial score (nSPS) is 10.5. The van der Waals surface area contributed by atoms with E-state index < -0.39 is 0 Å². The third kappa shape index (κ3) is 12.1. The van der Waals surface area contributed by atoms with E-state index in [1.54, 1.807) is 21.3 Å². The molecule has 0 aromatic heterocycles. The van der Waals surface area contributed by atoms with Crippen LogP contribution in [0.1, 0.15) is 0 Å². The quantitative estimate of drug-likeness (QED) is 0.390. The van der Waals surface area contributed by atoms with Crippen LogP contribution in [0.5, 0.6) is 0 Å². The first-order valence-electron chi connectivity index (χ1n) is 4.05. The Balaban J connectivity index is 2.73. The van der Waals surface area contributed by atoms with Gasteiger partial charge in [0.25, 0.3) is 0 Å². The molecule has 0 unspecified atom stereocenters. The molecule has 0 aromatic rings.